The third-order valence-electron chi connectivity index (χ3n) is 3.82. The Hall–Kier alpha value is -0.120. The normalized spacial score (nSPS) is 35.6. The van der Waals surface area contributed by atoms with Gasteiger partial charge in [0.1, 0.15) is 0 Å². The van der Waals surface area contributed by atoms with Gasteiger partial charge in [0.05, 0.1) is 0 Å². The first-order chi connectivity index (χ1) is 7.25. The van der Waals surface area contributed by atoms with E-state index in [1.54, 1.807) is 0 Å². The van der Waals surface area contributed by atoms with Crippen molar-refractivity contribution in [3.8, 4) is 0 Å². The van der Waals surface area contributed by atoms with Gasteiger partial charge >= 0.3 is 0 Å². The highest BCUT2D eigenvalue weighted by molar-refractivity contribution is 4.82. The van der Waals surface area contributed by atoms with E-state index in [9.17, 15) is 0 Å². The van der Waals surface area contributed by atoms with Gasteiger partial charge in [-0.25, -0.2) is 0 Å². The Labute approximate surface area is 93.8 Å². The number of likely N-dealkylation sites (N-methyl/N-ethyl adjacent to an activating group) is 1. The van der Waals surface area contributed by atoms with Crippen molar-refractivity contribution in [2.75, 3.05) is 39.8 Å². The molecule has 15 heavy (non-hydrogen) atoms. The van der Waals surface area contributed by atoms with Crippen molar-refractivity contribution in [2.24, 2.45) is 0 Å². The Kier molecular flexibility index (Phi) is 4.00. The largest absolute Gasteiger partial charge is 0.313 e. The summed E-state index contributed by atoms with van der Waals surface area (Å²) in [5.41, 5.74) is 0. The van der Waals surface area contributed by atoms with E-state index >= 15 is 0 Å². The predicted molar refractivity (Wildman–Crippen MR) is 64.2 cm³/mol. The van der Waals surface area contributed by atoms with Crippen LogP contribution in [0.3, 0.4) is 0 Å². The molecule has 2 unspecified atom stereocenters. The SMILES string of the molecule is CC1CN(CC2CCCN2C)CCCN1. The summed E-state index contributed by atoms with van der Waals surface area (Å²) < 4.78 is 0. The number of hydrogen-bond acceptors (Lipinski definition) is 3. The quantitative estimate of drug-likeness (QED) is 0.728. The van der Waals surface area contributed by atoms with Crippen LogP contribution in [0.1, 0.15) is 26.2 Å². The van der Waals surface area contributed by atoms with Gasteiger partial charge in [-0.15, -0.1) is 0 Å². The van der Waals surface area contributed by atoms with Crippen LogP contribution >= 0.6 is 0 Å². The molecule has 0 amide bonds. The number of hydrogen-bond donors (Lipinski definition) is 1. The molecule has 2 heterocycles. The molecular weight excluding hydrogens is 186 g/mol. The molecule has 1 N–H and O–H groups in total. The van der Waals surface area contributed by atoms with Gasteiger partial charge in [0.2, 0.25) is 0 Å². The molecule has 0 aliphatic carbocycles. The lowest BCUT2D eigenvalue weighted by Gasteiger charge is -2.28. The van der Waals surface area contributed by atoms with Crippen molar-refractivity contribution in [3.05, 3.63) is 0 Å². The number of rotatable bonds is 2. The van der Waals surface area contributed by atoms with Gasteiger partial charge in [-0.2, -0.15) is 0 Å². The van der Waals surface area contributed by atoms with Gasteiger partial charge in [0.25, 0.3) is 0 Å². The monoisotopic (exact) mass is 211 g/mol. The zero-order valence-electron chi connectivity index (χ0n) is 10.2. The molecule has 88 valence electrons. The van der Waals surface area contributed by atoms with Crippen molar-refractivity contribution < 1.29 is 0 Å². The summed E-state index contributed by atoms with van der Waals surface area (Å²) in [6, 6.07) is 1.48. The molecule has 0 saturated carbocycles. The zero-order valence-corrected chi connectivity index (χ0v) is 10.2. The highest BCUT2D eigenvalue weighted by atomic mass is 15.2. The zero-order chi connectivity index (χ0) is 10.7. The Morgan fingerprint density at radius 2 is 2.13 bits per heavy atom. The van der Waals surface area contributed by atoms with Crippen LogP contribution in [0.4, 0.5) is 0 Å². The van der Waals surface area contributed by atoms with Crippen LogP contribution in [0.25, 0.3) is 0 Å². The third kappa shape index (κ3) is 3.16. The van der Waals surface area contributed by atoms with Crippen molar-refractivity contribution >= 4 is 0 Å². The van der Waals surface area contributed by atoms with Crippen molar-refractivity contribution in [2.45, 2.75) is 38.3 Å². The van der Waals surface area contributed by atoms with Crippen molar-refractivity contribution in [3.63, 3.8) is 0 Å². The maximum atomic E-state index is 3.56. The summed E-state index contributed by atoms with van der Waals surface area (Å²) in [7, 11) is 2.27. The van der Waals surface area contributed by atoms with E-state index in [0.29, 0.717) is 6.04 Å². The standard InChI is InChI=1S/C12H25N3/c1-11-9-15(8-4-6-13-11)10-12-5-3-7-14(12)2/h11-13H,3-10H2,1-2H3. The van der Waals surface area contributed by atoms with Crippen LogP contribution in [0.2, 0.25) is 0 Å². The number of likely N-dealkylation sites (tertiary alicyclic amines) is 1. The van der Waals surface area contributed by atoms with Crippen molar-refractivity contribution in [1.29, 1.82) is 0 Å². The van der Waals surface area contributed by atoms with Crippen LogP contribution in [0, 0.1) is 0 Å². The summed E-state index contributed by atoms with van der Waals surface area (Å²) in [5, 5.41) is 3.56. The van der Waals surface area contributed by atoms with Crippen LogP contribution in [0.15, 0.2) is 0 Å². The smallest absolute Gasteiger partial charge is 0.0220 e. The van der Waals surface area contributed by atoms with Crippen LogP contribution in [0.5, 0.6) is 0 Å². The van der Waals surface area contributed by atoms with Gasteiger partial charge < -0.3 is 15.1 Å². The van der Waals surface area contributed by atoms with E-state index < -0.39 is 0 Å². The second-order valence-corrected chi connectivity index (χ2v) is 5.24. The Morgan fingerprint density at radius 3 is 2.87 bits per heavy atom. The molecule has 0 radical (unpaired) electrons. The lowest BCUT2D eigenvalue weighted by Crippen LogP contribution is -2.42. The fourth-order valence-electron chi connectivity index (χ4n) is 2.87. The van der Waals surface area contributed by atoms with Gasteiger partial charge in [0, 0.05) is 25.2 Å². The average molecular weight is 211 g/mol. The molecule has 2 aliphatic heterocycles. The summed E-state index contributed by atoms with van der Waals surface area (Å²) in [4.78, 5) is 5.18. The van der Waals surface area contributed by atoms with Gasteiger partial charge in [-0.1, -0.05) is 0 Å². The summed E-state index contributed by atoms with van der Waals surface area (Å²) in [6.45, 7) is 8.58. The third-order valence-corrected chi connectivity index (χ3v) is 3.82. The number of nitrogens with one attached hydrogen (secondary N) is 1. The van der Waals surface area contributed by atoms with Crippen LogP contribution in [-0.4, -0.2) is 61.7 Å². The molecule has 0 aromatic carbocycles. The van der Waals surface area contributed by atoms with E-state index in [0.717, 1.165) is 6.04 Å². The topological polar surface area (TPSA) is 18.5 Å². The second-order valence-electron chi connectivity index (χ2n) is 5.24. The molecule has 3 heteroatoms. The van der Waals surface area contributed by atoms with E-state index in [4.69, 9.17) is 0 Å². The minimum Gasteiger partial charge on any atom is -0.313 e. The fraction of sp³-hybridized carbons (Fsp3) is 1.00. The van der Waals surface area contributed by atoms with Gasteiger partial charge in [-0.3, -0.25) is 0 Å². The molecule has 2 rings (SSSR count). The second kappa shape index (κ2) is 5.28. The minimum absolute atomic E-state index is 0.666. The minimum atomic E-state index is 0.666. The molecule has 2 fully saturated rings. The molecule has 2 saturated heterocycles. The average Bonchev–Trinajstić information content (AvgIpc) is 2.48. The maximum absolute atomic E-state index is 3.56. The molecule has 0 aromatic heterocycles. The first-order valence-electron chi connectivity index (χ1n) is 6.41. The van der Waals surface area contributed by atoms with E-state index in [1.807, 2.05) is 0 Å². The summed E-state index contributed by atoms with van der Waals surface area (Å²) in [5.74, 6) is 0. The molecular formula is C12H25N3. The lowest BCUT2D eigenvalue weighted by molar-refractivity contribution is 0.192. The molecule has 0 bridgehead atoms. The Morgan fingerprint density at radius 1 is 1.27 bits per heavy atom. The summed E-state index contributed by atoms with van der Waals surface area (Å²) >= 11 is 0. The first-order valence-corrected chi connectivity index (χ1v) is 6.41. The Bertz CT molecular complexity index is 195. The molecule has 2 aliphatic rings. The highest BCUT2D eigenvalue weighted by Gasteiger charge is 2.24. The van der Waals surface area contributed by atoms with Gasteiger partial charge in [0.15, 0.2) is 0 Å². The highest BCUT2D eigenvalue weighted by Crippen LogP contribution is 2.16. The molecule has 2 atom stereocenters. The molecule has 0 aromatic rings. The maximum Gasteiger partial charge on any atom is 0.0220 e. The predicted octanol–water partition coefficient (Wildman–Crippen LogP) is 0.764. The first kappa shape index (κ1) is 11.4. The number of nitrogens with zero attached hydrogens (tertiary/aromatic N) is 2. The Balaban J connectivity index is 1.81. The lowest BCUT2D eigenvalue weighted by atomic mass is 10.2. The molecule has 3 nitrogen and oxygen atoms in total. The van der Waals surface area contributed by atoms with E-state index in [-0.39, 0.29) is 0 Å². The van der Waals surface area contributed by atoms with E-state index in [2.05, 4.69) is 29.1 Å². The van der Waals surface area contributed by atoms with Crippen LogP contribution in [-0.2, 0) is 0 Å². The van der Waals surface area contributed by atoms with Gasteiger partial charge in [-0.05, 0) is 52.9 Å². The van der Waals surface area contributed by atoms with Crippen LogP contribution < -0.4 is 5.32 Å². The fourth-order valence-corrected chi connectivity index (χ4v) is 2.87. The molecule has 0 spiro atoms. The van der Waals surface area contributed by atoms with E-state index in [1.165, 1.54) is 52.0 Å². The summed E-state index contributed by atoms with van der Waals surface area (Å²) in [6.07, 6.45) is 4.10. The van der Waals surface area contributed by atoms with Crippen molar-refractivity contribution in [1.82, 2.24) is 15.1 Å².